The fourth-order valence-electron chi connectivity index (χ4n) is 3.17. The number of amides is 3. The third kappa shape index (κ3) is 4.57. The second-order valence-corrected chi connectivity index (χ2v) is 6.40. The van der Waals surface area contributed by atoms with Gasteiger partial charge in [-0.25, -0.2) is 4.79 Å². The monoisotopic (exact) mass is 370 g/mol. The molecule has 27 heavy (non-hydrogen) atoms. The average Bonchev–Trinajstić information content (AvgIpc) is 3.10. The van der Waals surface area contributed by atoms with E-state index in [1.807, 2.05) is 55.6 Å². The van der Waals surface area contributed by atoms with Gasteiger partial charge in [0.05, 0.1) is 7.05 Å². The van der Waals surface area contributed by atoms with Gasteiger partial charge < -0.3 is 19.7 Å². The molecule has 0 bridgehead atoms. The Morgan fingerprint density at radius 2 is 1.85 bits per heavy atom. The summed E-state index contributed by atoms with van der Waals surface area (Å²) in [7, 11) is 1.93. The molecule has 3 rings (SSSR count). The lowest BCUT2D eigenvalue weighted by Gasteiger charge is -2.24. The Hall–Kier alpha value is -3.06. The predicted octanol–water partition coefficient (Wildman–Crippen LogP) is 1.02. The summed E-state index contributed by atoms with van der Waals surface area (Å²) in [6.07, 6.45) is 0. The number of ether oxygens (including phenoxy) is 2. The summed E-state index contributed by atoms with van der Waals surface area (Å²) in [5, 5.41) is 5.02. The number of likely N-dealkylation sites (N-methyl/N-ethyl adjacent to an activating group) is 1. The molecule has 1 unspecified atom stereocenters. The van der Waals surface area contributed by atoms with Crippen LogP contribution in [-0.4, -0.2) is 32.3 Å². The van der Waals surface area contributed by atoms with Crippen molar-refractivity contribution < 1.29 is 24.0 Å². The van der Waals surface area contributed by atoms with Crippen molar-refractivity contribution in [3.05, 3.63) is 59.7 Å². The summed E-state index contributed by atoms with van der Waals surface area (Å²) in [6.45, 7) is 3.06. The summed E-state index contributed by atoms with van der Waals surface area (Å²) < 4.78 is 10.8. The van der Waals surface area contributed by atoms with Crippen LogP contribution < -0.4 is 25.0 Å². The first kappa shape index (κ1) is 18.7. The molecule has 2 atom stereocenters. The number of carbonyl (C=O) groups excluding carboxylic acids is 2. The number of hydrogen-bond donors (Lipinski definition) is 3. The Balaban J connectivity index is 1.79. The zero-order valence-electron chi connectivity index (χ0n) is 15.5. The number of carbonyl (C=O) groups is 2. The summed E-state index contributed by atoms with van der Waals surface area (Å²) in [4.78, 5) is 25.6. The van der Waals surface area contributed by atoms with E-state index in [0.29, 0.717) is 18.8 Å². The molecule has 1 heterocycles. The van der Waals surface area contributed by atoms with E-state index in [9.17, 15) is 9.59 Å². The zero-order valence-corrected chi connectivity index (χ0v) is 15.5. The highest BCUT2D eigenvalue weighted by atomic mass is 16.7. The van der Waals surface area contributed by atoms with Gasteiger partial charge in [-0.15, -0.1) is 0 Å². The molecule has 7 heteroatoms. The minimum atomic E-state index is -0.528. The smallest absolute Gasteiger partial charge is 0.321 e. The van der Waals surface area contributed by atoms with Gasteiger partial charge in [0.1, 0.15) is 6.54 Å². The van der Waals surface area contributed by atoms with Crippen molar-refractivity contribution in [3.8, 4) is 11.5 Å². The maximum absolute atomic E-state index is 12.8. The van der Waals surface area contributed by atoms with Crippen LogP contribution in [-0.2, 0) is 11.3 Å². The molecule has 1 aliphatic rings. The number of fused-ring (bicyclic) bond motifs is 1. The van der Waals surface area contributed by atoms with Gasteiger partial charge in [0.15, 0.2) is 17.5 Å². The maximum Gasteiger partial charge on any atom is 0.321 e. The van der Waals surface area contributed by atoms with Crippen molar-refractivity contribution in [1.82, 2.24) is 10.6 Å². The molecule has 0 aromatic heterocycles. The van der Waals surface area contributed by atoms with E-state index in [4.69, 9.17) is 9.47 Å². The highest BCUT2D eigenvalue weighted by Gasteiger charge is 2.30. The van der Waals surface area contributed by atoms with Crippen LogP contribution in [0, 0.1) is 0 Å². The van der Waals surface area contributed by atoms with Gasteiger partial charge in [-0.2, -0.15) is 0 Å². The Kier molecular flexibility index (Phi) is 5.93. The Labute approximate surface area is 158 Å². The van der Waals surface area contributed by atoms with Gasteiger partial charge in [-0.05, 0) is 25.1 Å². The number of benzene rings is 2. The van der Waals surface area contributed by atoms with Gasteiger partial charge >= 0.3 is 6.03 Å². The van der Waals surface area contributed by atoms with E-state index in [2.05, 4.69) is 10.6 Å². The maximum atomic E-state index is 12.8. The average molecular weight is 370 g/mol. The number of imide groups is 1. The first-order chi connectivity index (χ1) is 13.1. The SMILES string of the molecule is CCNC(=O)NC(=O)[C@H](c1ccccc1)[NH+](C)Cc1ccc2c(c1)OCO2. The highest BCUT2D eigenvalue weighted by molar-refractivity contribution is 5.96. The van der Waals surface area contributed by atoms with Crippen molar-refractivity contribution in [2.75, 3.05) is 20.4 Å². The molecule has 3 N–H and O–H groups in total. The quantitative estimate of drug-likeness (QED) is 0.709. The molecule has 142 valence electrons. The lowest BCUT2D eigenvalue weighted by molar-refractivity contribution is -0.916. The summed E-state index contributed by atoms with van der Waals surface area (Å²) >= 11 is 0. The Bertz CT molecular complexity index is 810. The second kappa shape index (κ2) is 8.55. The molecule has 0 fully saturated rings. The molecule has 2 aromatic rings. The van der Waals surface area contributed by atoms with Gasteiger partial charge in [0.25, 0.3) is 5.91 Å². The third-order valence-corrected chi connectivity index (χ3v) is 4.38. The van der Waals surface area contributed by atoms with E-state index < -0.39 is 12.1 Å². The van der Waals surface area contributed by atoms with Crippen molar-refractivity contribution >= 4 is 11.9 Å². The molecule has 0 saturated carbocycles. The molecular formula is C20H24N3O4+. The summed E-state index contributed by atoms with van der Waals surface area (Å²) in [5.74, 6) is 1.10. The number of rotatable bonds is 6. The minimum absolute atomic E-state index is 0.225. The van der Waals surface area contributed by atoms with Crippen molar-refractivity contribution in [1.29, 1.82) is 0 Å². The highest BCUT2D eigenvalue weighted by Crippen LogP contribution is 2.32. The van der Waals surface area contributed by atoms with Gasteiger partial charge in [0, 0.05) is 17.7 Å². The van der Waals surface area contributed by atoms with E-state index >= 15 is 0 Å². The minimum Gasteiger partial charge on any atom is -0.454 e. The topological polar surface area (TPSA) is 81.1 Å². The van der Waals surface area contributed by atoms with Crippen LogP contribution >= 0.6 is 0 Å². The van der Waals surface area contributed by atoms with Gasteiger partial charge in [0.2, 0.25) is 6.79 Å². The lowest BCUT2D eigenvalue weighted by atomic mass is 10.0. The number of quaternary nitrogens is 1. The van der Waals surface area contributed by atoms with Crippen LogP contribution in [0.15, 0.2) is 48.5 Å². The van der Waals surface area contributed by atoms with Crippen molar-refractivity contribution in [3.63, 3.8) is 0 Å². The first-order valence-electron chi connectivity index (χ1n) is 8.93. The molecule has 7 nitrogen and oxygen atoms in total. The molecule has 0 spiro atoms. The van der Waals surface area contributed by atoms with E-state index in [-0.39, 0.29) is 12.7 Å². The summed E-state index contributed by atoms with van der Waals surface area (Å²) in [5.41, 5.74) is 1.86. The fraction of sp³-hybridized carbons (Fsp3) is 0.300. The fourth-order valence-corrected chi connectivity index (χ4v) is 3.17. The number of nitrogens with one attached hydrogen (secondary N) is 3. The summed E-state index contributed by atoms with van der Waals surface area (Å²) in [6, 6.07) is 14.2. The van der Waals surface area contributed by atoms with Crippen LogP contribution in [0.5, 0.6) is 11.5 Å². The standard InChI is InChI=1S/C20H23N3O4/c1-3-21-20(25)22-19(24)18(15-7-5-4-6-8-15)23(2)12-14-9-10-16-17(11-14)27-13-26-16/h4-11,18H,3,12-13H2,1-2H3,(H2,21,22,24,25)/p+1/t18-/m0/s1. The molecule has 1 aliphatic heterocycles. The third-order valence-electron chi connectivity index (χ3n) is 4.38. The van der Waals surface area contributed by atoms with Crippen LogP contribution in [0.25, 0.3) is 0 Å². The van der Waals surface area contributed by atoms with E-state index in [0.717, 1.165) is 21.8 Å². The van der Waals surface area contributed by atoms with Crippen LogP contribution in [0.1, 0.15) is 24.1 Å². The van der Waals surface area contributed by atoms with Crippen molar-refractivity contribution in [2.24, 2.45) is 0 Å². The Morgan fingerprint density at radius 1 is 1.11 bits per heavy atom. The molecule has 0 aliphatic carbocycles. The normalized spacial score (nSPS) is 14.3. The largest absolute Gasteiger partial charge is 0.454 e. The van der Waals surface area contributed by atoms with Crippen molar-refractivity contribution in [2.45, 2.75) is 19.5 Å². The molecule has 3 amide bonds. The predicted molar refractivity (Wildman–Crippen MR) is 99.6 cm³/mol. The number of hydrogen-bond acceptors (Lipinski definition) is 4. The lowest BCUT2D eigenvalue weighted by Crippen LogP contribution is -3.09. The Morgan fingerprint density at radius 3 is 2.59 bits per heavy atom. The van der Waals surface area contributed by atoms with Crippen LogP contribution in [0.3, 0.4) is 0 Å². The molecule has 0 saturated heterocycles. The van der Waals surface area contributed by atoms with Crippen LogP contribution in [0.2, 0.25) is 0 Å². The second-order valence-electron chi connectivity index (χ2n) is 6.40. The van der Waals surface area contributed by atoms with Crippen LogP contribution in [0.4, 0.5) is 4.79 Å². The van der Waals surface area contributed by atoms with Gasteiger partial charge in [-0.1, -0.05) is 30.3 Å². The molecule has 0 radical (unpaired) electrons. The van der Waals surface area contributed by atoms with Gasteiger partial charge in [-0.3, -0.25) is 10.1 Å². The first-order valence-corrected chi connectivity index (χ1v) is 8.93. The molecular weight excluding hydrogens is 346 g/mol. The zero-order chi connectivity index (χ0) is 19.2. The molecule has 2 aromatic carbocycles. The van der Waals surface area contributed by atoms with E-state index in [1.165, 1.54) is 0 Å². The van der Waals surface area contributed by atoms with E-state index in [1.54, 1.807) is 6.92 Å². The number of urea groups is 1.